The molecule has 1 aromatic heterocycles. The van der Waals surface area contributed by atoms with Crippen molar-refractivity contribution in [2.24, 2.45) is 0 Å². The maximum Gasteiger partial charge on any atom is 0.136 e. The lowest BCUT2D eigenvalue weighted by atomic mass is 9.84. The zero-order valence-corrected chi connectivity index (χ0v) is 33.7. The maximum atomic E-state index is 6.72. The predicted molar refractivity (Wildman–Crippen MR) is 250 cm³/mol. The van der Waals surface area contributed by atoms with Gasteiger partial charge >= 0.3 is 0 Å². The van der Waals surface area contributed by atoms with Crippen LogP contribution >= 0.6 is 0 Å². The fourth-order valence-corrected chi connectivity index (χ4v) is 10.2. The van der Waals surface area contributed by atoms with Crippen LogP contribution in [0.1, 0.15) is 87.2 Å². The lowest BCUT2D eigenvalue weighted by Gasteiger charge is -2.27. The van der Waals surface area contributed by atoms with E-state index >= 15 is 0 Å². The van der Waals surface area contributed by atoms with Gasteiger partial charge in [-0.25, -0.2) is 0 Å². The van der Waals surface area contributed by atoms with Gasteiger partial charge in [-0.1, -0.05) is 111 Å². The quantitative estimate of drug-likeness (QED) is 0.154. The van der Waals surface area contributed by atoms with Gasteiger partial charge in [0, 0.05) is 44.9 Å². The largest absolute Gasteiger partial charge is 0.456 e. The molecule has 8 aromatic carbocycles. The number of rotatable bonds is 8. The number of benzene rings is 8. The van der Waals surface area contributed by atoms with Crippen molar-refractivity contribution >= 4 is 77.6 Å². The van der Waals surface area contributed by atoms with E-state index in [2.05, 4.69) is 180 Å². The molecule has 0 bridgehead atoms. The van der Waals surface area contributed by atoms with Gasteiger partial charge in [0.15, 0.2) is 0 Å². The van der Waals surface area contributed by atoms with Crippen LogP contribution in [0.5, 0.6) is 0 Å². The number of hydrogen-bond acceptors (Lipinski definition) is 3. The van der Waals surface area contributed by atoms with Crippen LogP contribution < -0.4 is 9.80 Å². The number of hydrogen-bond donors (Lipinski definition) is 0. The van der Waals surface area contributed by atoms with Gasteiger partial charge < -0.3 is 14.2 Å². The summed E-state index contributed by atoms with van der Waals surface area (Å²) in [5, 5.41) is 7.02. The van der Waals surface area contributed by atoms with Gasteiger partial charge in [0.1, 0.15) is 11.2 Å². The van der Waals surface area contributed by atoms with Gasteiger partial charge in [0.2, 0.25) is 0 Å². The molecular weight excluding hydrogens is 717 g/mol. The Morgan fingerprint density at radius 3 is 1.10 bits per heavy atom. The fourth-order valence-electron chi connectivity index (χ4n) is 10.2. The monoisotopic (exact) mass is 766 g/mol. The number of para-hydroxylation sites is 2. The molecule has 0 unspecified atom stereocenters. The molecule has 2 fully saturated rings. The summed E-state index contributed by atoms with van der Waals surface area (Å²) in [4.78, 5) is 4.75. The Kier molecular flexibility index (Phi) is 9.38. The van der Waals surface area contributed by atoms with Crippen LogP contribution in [0.4, 0.5) is 34.1 Å². The van der Waals surface area contributed by atoms with E-state index in [0.717, 1.165) is 55.5 Å². The van der Waals surface area contributed by atoms with Crippen LogP contribution in [0, 0.1) is 0 Å². The zero-order chi connectivity index (χ0) is 39.1. The van der Waals surface area contributed by atoms with Gasteiger partial charge in [0.25, 0.3) is 0 Å². The van der Waals surface area contributed by atoms with Crippen LogP contribution in [0.3, 0.4) is 0 Å². The van der Waals surface area contributed by atoms with Crippen molar-refractivity contribution in [2.45, 2.75) is 76.0 Å². The van der Waals surface area contributed by atoms with Crippen molar-refractivity contribution in [1.82, 2.24) is 0 Å². The molecule has 0 atom stereocenters. The average Bonchev–Trinajstić information content (AvgIpc) is 3.65. The Labute approximate surface area is 347 Å². The number of fused-ring (bicyclic) bond motifs is 5. The van der Waals surface area contributed by atoms with Crippen LogP contribution in [0.2, 0.25) is 0 Å². The molecule has 0 radical (unpaired) electrons. The van der Waals surface area contributed by atoms with Gasteiger partial charge in [0.05, 0.1) is 0 Å². The summed E-state index contributed by atoms with van der Waals surface area (Å²) in [7, 11) is 0. The third-order valence-corrected chi connectivity index (χ3v) is 13.4. The normalized spacial score (nSPS) is 15.3. The van der Waals surface area contributed by atoms with E-state index in [1.807, 2.05) is 0 Å². The molecule has 1 heterocycles. The molecule has 2 aliphatic rings. The predicted octanol–water partition coefficient (Wildman–Crippen LogP) is 16.9. The Morgan fingerprint density at radius 2 is 0.695 bits per heavy atom. The first-order valence-electron chi connectivity index (χ1n) is 22.0. The van der Waals surface area contributed by atoms with Crippen molar-refractivity contribution in [3.8, 4) is 0 Å². The summed E-state index contributed by atoms with van der Waals surface area (Å²) in [6.45, 7) is 0. The summed E-state index contributed by atoms with van der Waals surface area (Å²) < 4.78 is 6.72. The van der Waals surface area contributed by atoms with Gasteiger partial charge in [-0.3, -0.25) is 0 Å². The van der Waals surface area contributed by atoms with Crippen molar-refractivity contribution in [3.63, 3.8) is 0 Å². The second-order valence-electron chi connectivity index (χ2n) is 17.1. The molecular formula is C56H50N2O. The highest BCUT2D eigenvalue weighted by atomic mass is 16.3. The Balaban J connectivity index is 0.951. The molecule has 3 nitrogen and oxygen atoms in total. The summed E-state index contributed by atoms with van der Waals surface area (Å²) >= 11 is 0. The summed E-state index contributed by atoms with van der Waals surface area (Å²) in [6.07, 6.45) is 13.4. The molecule has 59 heavy (non-hydrogen) atoms. The topological polar surface area (TPSA) is 19.6 Å². The number of nitrogens with zero attached hydrogens (tertiary/aromatic N) is 2. The summed E-state index contributed by atoms with van der Waals surface area (Å²) in [6, 6.07) is 62.9. The average molecular weight is 767 g/mol. The highest BCUT2D eigenvalue weighted by Gasteiger charge is 2.20. The van der Waals surface area contributed by atoms with Crippen molar-refractivity contribution in [1.29, 1.82) is 0 Å². The highest BCUT2D eigenvalue weighted by Crippen LogP contribution is 2.43. The molecule has 3 heteroatoms. The molecule has 2 aliphatic carbocycles. The van der Waals surface area contributed by atoms with E-state index < -0.39 is 0 Å². The van der Waals surface area contributed by atoms with E-state index in [9.17, 15) is 0 Å². The minimum atomic E-state index is 0.687. The van der Waals surface area contributed by atoms with Crippen LogP contribution in [-0.2, 0) is 0 Å². The van der Waals surface area contributed by atoms with E-state index in [1.54, 1.807) is 0 Å². The Bertz CT molecular complexity index is 2680. The molecule has 2 saturated carbocycles. The molecule has 0 N–H and O–H groups in total. The number of anilines is 6. The molecule has 0 aliphatic heterocycles. The smallest absolute Gasteiger partial charge is 0.136 e. The van der Waals surface area contributed by atoms with E-state index in [-0.39, 0.29) is 0 Å². The van der Waals surface area contributed by atoms with Crippen molar-refractivity contribution in [3.05, 3.63) is 181 Å². The fraction of sp³-hybridized carbons (Fsp3) is 0.214. The SMILES string of the molecule is c1ccc(N(c2ccc(C3CCCCC3)cc2)c2ccc3cc4c(cc3c2)oc2cc3cc(N(c5ccccc5)c5ccc(C6CCCCC6)cc5)ccc3cc24)cc1. The highest BCUT2D eigenvalue weighted by molar-refractivity contribution is 6.14. The second kappa shape index (κ2) is 15.5. The van der Waals surface area contributed by atoms with Crippen LogP contribution in [0.25, 0.3) is 43.5 Å². The lowest BCUT2D eigenvalue weighted by molar-refractivity contribution is 0.443. The minimum Gasteiger partial charge on any atom is -0.456 e. The minimum absolute atomic E-state index is 0.687. The van der Waals surface area contributed by atoms with Crippen molar-refractivity contribution in [2.75, 3.05) is 9.80 Å². The summed E-state index contributed by atoms with van der Waals surface area (Å²) in [5.41, 5.74) is 11.7. The molecule has 0 spiro atoms. The van der Waals surface area contributed by atoms with E-state index in [4.69, 9.17) is 4.42 Å². The first-order valence-corrected chi connectivity index (χ1v) is 22.0. The lowest BCUT2D eigenvalue weighted by Crippen LogP contribution is -2.10. The Morgan fingerprint density at radius 1 is 0.322 bits per heavy atom. The zero-order valence-electron chi connectivity index (χ0n) is 33.7. The molecule has 290 valence electrons. The molecule has 11 rings (SSSR count). The standard InChI is InChI=1S/C56H50N2O/c1-5-13-39(14-6-1)41-21-27-49(28-22-41)57(47-17-9-3-10-18-47)51-31-25-43-35-53-54-36-44-26-32-52(34-46(44)38-56(54)59-55(53)37-45(43)33-51)58(48-19-11-4-12-20-48)50-29-23-42(24-30-50)40-15-7-2-8-16-40/h3-4,9-12,17-40H,1-2,5-8,13-16H2. The molecule has 0 amide bonds. The third-order valence-electron chi connectivity index (χ3n) is 13.4. The molecule has 9 aromatic rings. The first-order chi connectivity index (χ1) is 29.2. The number of furan rings is 1. The van der Waals surface area contributed by atoms with Gasteiger partial charge in [-0.2, -0.15) is 0 Å². The third kappa shape index (κ3) is 6.93. The van der Waals surface area contributed by atoms with E-state index in [1.165, 1.54) is 97.5 Å². The Hall–Kier alpha value is -6.32. The second-order valence-corrected chi connectivity index (χ2v) is 17.1. The van der Waals surface area contributed by atoms with Crippen LogP contribution in [0.15, 0.2) is 174 Å². The van der Waals surface area contributed by atoms with Crippen LogP contribution in [-0.4, -0.2) is 0 Å². The van der Waals surface area contributed by atoms with Gasteiger partial charge in [-0.05, 0) is 167 Å². The summed E-state index contributed by atoms with van der Waals surface area (Å²) in [5.74, 6) is 1.37. The first kappa shape index (κ1) is 35.8. The van der Waals surface area contributed by atoms with Crippen molar-refractivity contribution < 1.29 is 4.42 Å². The van der Waals surface area contributed by atoms with E-state index in [0.29, 0.717) is 11.8 Å². The van der Waals surface area contributed by atoms with Gasteiger partial charge in [-0.15, -0.1) is 0 Å². The molecule has 0 saturated heterocycles. The maximum absolute atomic E-state index is 6.72.